The highest BCUT2D eigenvalue weighted by molar-refractivity contribution is 6.00. The minimum atomic E-state index is -0.422. The molecule has 0 spiro atoms. The van der Waals surface area contributed by atoms with E-state index in [2.05, 4.69) is 15.5 Å². The molecule has 2 amide bonds. The van der Waals surface area contributed by atoms with Gasteiger partial charge in [-0.25, -0.2) is 4.39 Å². The van der Waals surface area contributed by atoms with Crippen LogP contribution in [0.15, 0.2) is 78.9 Å². The molecule has 1 atom stereocenters. The number of nitrogens with zero attached hydrogens (tertiary/aromatic N) is 1. The number of anilines is 1. The lowest BCUT2D eigenvalue weighted by Crippen LogP contribution is -2.45. The van der Waals surface area contributed by atoms with Crippen LogP contribution in [-0.4, -0.2) is 30.9 Å². The van der Waals surface area contributed by atoms with E-state index in [9.17, 15) is 14.0 Å². The van der Waals surface area contributed by atoms with Gasteiger partial charge in [-0.15, -0.1) is 0 Å². The predicted molar refractivity (Wildman–Crippen MR) is 128 cm³/mol. The summed E-state index contributed by atoms with van der Waals surface area (Å²) in [4.78, 5) is 27.7. The zero-order chi connectivity index (χ0) is 23.2. The normalized spacial score (nSPS) is 15.0. The topological polar surface area (TPSA) is 61.4 Å². The Morgan fingerprint density at radius 1 is 0.909 bits per heavy atom. The lowest BCUT2D eigenvalue weighted by molar-refractivity contribution is 0.0927. The number of halogens is 1. The molecule has 6 heteroatoms. The van der Waals surface area contributed by atoms with Crippen LogP contribution in [0.4, 0.5) is 10.1 Å². The molecule has 0 aliphatic carbocycles. The number of rotatable bonds is 6. The van der Waals surface area contributed by atoms with Gasteiger partial charge in [0.1, 0.15) is 5.82 Å². The van der Waals surface area contributed by atoms with Crippen molar-refractivity contribution in [2.45, 2.75) is 31.8 Å². The number of amides is 2. The summed E-state index contributed by atoms with van der Waals surface area (Å²) in [6, 6.07) is 23.1. The fourth-order valence-corrected chi connectivity index (χ4v) is 4.20. The molecule has 3 aromatic carbocycles. The molecule has 4 rings (SSSR count). The van der Waals surface area contributed by atoms with Crippen LogP contribution in [0.3, 0.4) is 0 Å². The van der Waals surface area contributed by atoms with Gasteiger partial charge in [0, 0.05) is 30.4 Å². The number of benzene rings is 3. The van der Waals surface area contributed by atoms with E-state index < -0.39 is 5.82 Å². The van der Waals surface area contributed by atoms with E-state index in [0.717, 1.165) is 24.1 Å². The van der Waals surface area contributed by atoms with Gasteiger partial charge in [0.2, 0.25) is 0 Å². The lowest BCUT2D eigenvalue weighted by atomic mass is 10.0. The first-order chi connectivity index (χ1) is 16.0. The first-order valence-corrected chi connectivity index (χ1v) is 11.3. The van der Waals surface area contributed by atoms with Crippen LogP contribution >= 0.6 is 0 Å². The van der Waals surface area contributed by atoms with E-state index in [-0.39, 0.29) is 23.9 Å². The van der Waals surface area contributed by atoms with Gasteiger partial charge in [0.25, 0.3) is 11.8 Å². The predicted octanol–water partition coefficient (Wildman–Crippen LogP) is 4.72. The third-order valence-corrected chi connectivity index (χ3v) is 6.05. The Morgan fingerprint density at radius 2 is 1.61 bits per heavy atom. The molecule has 0 aromatic heterocycles. The number of nitrogens with one attached hydrogen (secondary N) is 2. The molecule has 2 N–H and O–H groups in total. The standard InChI is InChI=1S/C27H28FN3O2/c1-19(20-8-3-2-4-9-20)29-27(33)24-12-5-6-13-25(24)31-16-14-23(15-17-31)30-26(32)21-10-7-11-22(28)18-21/h2-13,18-19,23H,14-17H2,1H3,(H,29,33)(H,30,32)/t19-/m0/s1. The molecule has 1 heterocycles. The van der Waals surface area contributed by atoms with Gasteiger partial charge in [0.05, 0.1) is 11.6 Å². The van der Waals surface area contributed by atoms with Crippen LogP contribution in [-0.2, 0) is 0 Å². The van der Waals surface area contributed by atoms with Crippen molar-refractivity contribution in [2.75, 3.05) is 18.0 Å². The third-order valence-electron chi connectivity index (χ3n) is 6.05. The molecule has 33 heavy (non-hydrogen) atoms. The van der Waals surface area contributed by atoms with E-state index in [1.54, 1.807) is 6.07 Å². The van der Waals surface area contributed by atoms with Crippen LogP contribution in [0.25, 0.3) is 0 Å². The van der Waals surface area contributed by atoms with Crippen LogP contribution < -0.4 is 15.5 Å². The fraction of sp³-hybridized carbons (Fsp3) is 0.259. The number of piperidine rings is 1. The highest BCUT2D eigenvalue weighted by Crippen LogP contribution is 2.25. The first kappa shape index (κ1) is 22.5. The van der Waals surface area contributed by atoms with Crippen molar-refractivity contribution in [1.29, 1.82) is 0 Å². The summed E-state index contributed by atoms with van der Waals surface area (Å²) in [6.07, 6.45) is 1.49. The quantitative estimate of drug-likeness (QED) is 0.577. The van der Waals surface area contributed by atoms with Gasteiger partial charge in [-0.1, -0.05) is 48.5 Å². The van der Waals surface area contributed by atoms with E-state index in [1.807, 2.05) is 61.5 Å². The van der Waals surface area contributed by atoms with Crippen LogP contribution in [0.1, 0.15) is 52.1 Å². The summed E-state index contributed by atoms with van der Waals surface area (Å²) in [6.45, 7) is 3.40. The van der Waals surface area contributed by atoms with Gasteiger partial charge in [0.15, 0.2) is 0 Å². The number of para-hydroxylation sites is 1. The molecular formula is C27H28FN3O2. The van der Waals surface area contributed by atoms with Crippen molar-refractivity contribution in [3.05, 3.63) is 101 Å². The molecular weight excluding hydrogens is 417 g/mol. The second-order valence-electron chi connectivity index (χ2n) is 8.37. The number of hydrogen-bond acceptors (Lipinski definition) is 3. The van der Waals surface area contributed by atoms with E-state index >= 15 is 0 Å². The van der Waals surface area contributed by atoms with Crippen LogP contribution in [0.2, 0.25) is 0 Å². The number of carbonyl (C=O) groups is 2. The van der Waals surface area contributed by atoms with E-state index in [0.29, 0.717) is 24.2 Å². The zero-order valence-electron chi connectivity index (χ0n) is 18.6. The maximum Gasteiger partial charge on any atom is 0.253 e. The second-order valence-corrected chi connectivity index (χ2v) is 8.37. The summed E-state index contributed by atoms with van der Waals surface area (Å²) < 4.78 is 13.4. The lowest BCUT2D eigenvalue weighted by Gasteiger charge is -2.35. The fourth-order valence-electron chi connectivity index (χ4n) is 4.20. The molecule has 1 fully saturated rings. The third kappa shape index (κ3) is 5.58. The summed E-state index contributed by atoms with van der Waals surface area (Å²) in [5, 5.41) is 6.10. The van der Waals surface area contributed by atoms with Crippen molar-refractivity contribution in [1.82, 2.24) is 10.6 Å². The van der Waals surface area contributed by atoms with Crippen molar-refractivity contribution < 1.29 is 14.0 Å². The summed E-state index contributed by atoms with van der Waals surface area (Å²) in [5.41, 5.74) is 2.91. The Bertz CT molecular complexity index is 1110. The summed E-state index contributed by atoms with van der Waals surface area (Å²) in [7, 11) is 0. The van der Waals surface area contributed by atoms with Crippen LogP contribution in [0, 0.1) is 5.82 Å². The Kier molecular flexibility index (Phi) is 7.03. The monoisotopic (exact) mass is 445 g/mol. The van der Waals surface area contributed by atoms with Gasteiger partial charge < -0.3 is 15.5 Å². The second kappa shape index (κ2) is 10.3. The Balaban J connectivity index is 1.38. The van der Waals surface area contributed by atoms with Crippen molar-refractivity contribution in [3.8, 4) is 0 Å². The highest BCUT2D eigenvalue weighted by Gasteiger charge is 2.24. The smallest absolute Gasteiger partial charge is 0.253 e. The van der Waals surface area contributed by atoms with E-state index in [4.69, 9.17) is 0 Å². The van der Waals surface area contributed by atoms with Crippen molar-refractivity contribution in [3.63, 3.8) is 0 Å². The molecule has 170 valence electrons. The molecule has 5 nitrogen and oxygen atoms in total. The minimum Gasteiger partial charge on any atom is -0.371 e. The average molecular weight is 446 g/mol. The highest BCUT2D eigenvalue weighted by atomic mass is 19.1. The molecule has 0 saturated carbocycles. The molecule has 1 aliphatic rings. The maximum atomic E-state index is 13.4. The summed E-state index contributed by atoms with van der Waals surface area (Å²) >= 11 is 0. The van der Waals surface area contributed by atoms with Gasteiger partial charge in [-0.2, -0.15) is 0 Å². The van der Waals surface area contributed by atoms with Gasteiger partial charge >= 0.3 is 0 Å². The zero-order valence-corrected chi connectivity index (χ0v) is 18.6. The number of hydrogen-bond donors (Lipinski definition) is 2. The summed E-state index contributed by atoms with van der Waals surface area (Å²) in [5.74, 6) is -0.792. The van der Waals surface area contributed by atoms with Crippen molar-refractivity contribution in [2.24, 2.45) is 0 Å². The first-order valence-electron chi connectivity index (χ1n) is 11.3. The average Bonchev–Trinajstić information content (AvgIpc) is 2.85. The van der Waals surface area contributed by atoms with Gasteiger partial charge in [-0.05, 0) is 55.7 Å². The molecule has 3 aromatic rings. The molecule has 1 aliphatic heterocycles. The van der Waals surface area contributed by atoms with Gasteiger partial charge in [-0.3, -0.25) is 9.59 Å². The molecule has 0 bridgehead atoms. The van der Waals surface area contributed by atoms with Crippen LogP contribution in [0.5, 0.6) is 0 Å². The Labute approximate surface area is 193 Å². The maximum absolute atomic E-state index is 13.4. The Morgan fingerprint density at radius 3 is 2.33 bits per heavy atom. The SMILES string of the molecule is C[C@H](NC(=O)c1ccccc1N1CCC(NC(=O)c2cccc(F)c2)CC1)c1ccccc1. The Hall–Kier alpha value is -3.67. The molecule has 1 saturated heterocycles. The minimum absolute atomic E-state index is 0.0103. The largest absolute Gasteiger partial charge is 0.371 e. The van der Waals surface area contributed by atoms with Crippen molar-refractivity contribution >= 4 is 17.5 Å². The molecule has 0 unspecified atom stereocenters. The number of carbonyl (C=O) groups excluding carboxylic acids is 2. The van der Waals surface area contributed by atoms with E-state index in [1.165, 1.54) is 18.2 Å². The molecule has 0 radical (unpaired) electrons.